The van der Waals surface area contributed by atoms with Crippen molar-refractivity contribution in [2.24, 2.45) is 0 Å². The minimum absolute atomic E-state index is 0.191. The summed E-state index contributed by atoms with van der Waals surface area (Å²) in [7, 11) is 0. The third-order valence-electron chi connectivity index (χ3n) is 16.0. The summed E-state index contributed by atoms with van der Waals surface area (Å²) in [6.07, 6.45) is 0. The van der Waals surface area contributed by atoms with Crippen LogP contribution in [0.4, 0.5) is 34.1 Å². The summed E-state index contributed by atoms with van der Waals surface area (Å²) < 4.78 is 0. The molecule has 5 heterocycles. The molecule has 0 saturated heterocycles. The van der Waals surface area contributed by atoms with Crippen LogP contribution in [0.3, 0.4) is 0 Å². The maximum Gasteiger partial charge on any atom is 0.252 e. The van der Waals surface area contributed by atoms with E-state index in [9.17, 15) is 0 Å². The van der Waals surface area contributed by atoms with Gasteiger partial charge in [0, 0.05) is 72.8 Å². The highest BCUT2D eigenvalue weighted by atomic mass is 15.2. The van der Waals surface area contributed by atoms with E-state index in [1.54, 1.807) is 0 Å². The van der Waals surface area contributed by atoms with Crippen LogP contribution < -0.4 is 26.2 Å². The lowest BCUT2D eigenvalue weighted by Gasteiger charge is -2.44. The smallest absolute Gasteiger partial charge is 0.252 e. The Kier molecular flexibility index (Phi) is 12.7. The molecule has 87 heavy (non-hydrogen) atoms. The van der Waals surface area contributed by atoms with Crippen molar-refractivity contribution in [3.05, 3.63) is 291 Å². The summed E-state index contributed by atoms with van der Waals surface area (Å²) >= 11 is 0. The van der Waals surface area contributed by atoms with Gasteiger partial charge in [-0.25, -0.2) is 44.9 Å². The second-order valence-corrected chi connectivity index (χ2v) is 21.3. The largest absolute Gasteiger partial charge is 0.311 e. The summed E-state index contributed by atoms with van der Waals surface area (Å²) in [5.74, 6) is 4.85. The van der Waals surface area contributed by atoms with Crippen LogP contribution in [-0.4, -0.2) is 51.6 Å². The summed E-state index contributed by atoms with van der Waals surface area (Å²) in [6.45, 7) is -0.191. The van der Waals surface area contributed by atoms with E-state index in [1.807, 2.05) is 182 Å². The molecule has 2 aliphatic heterocycles. The number of aromatic nitrogens is 9. The van der Waals surface area contributed by atoms with E-state index in [0.29, 0.717) is 52.4 Å². The van der Waals surface area contributed by atoms with Crippen molar-refractivity contribution in [2.45, 2.75) is 0 Å². The standard InChI is InChI=1S/C75H48BN11/c1-7-27-49(28-8-1)67-77-68(50-29-9-2-10-30-50)81-73(80-67)55-39-19-22-44-60(55)86-61-45-23-20-42-58(61)76-59-43-21-24-46-62(59)87(64-48-26-47-63(86)65(64)76)66-56(74-82-69(51-31-11-3-12-32-51)78-70(83-74)52-33-13-4-14-34-52)40-25-41-57(66)75-84-71(53-35-15-5-16-36-53)79-72(85-75)54-37-17-6-18-38-54/h1-48H. The molecule has 0 spiro atoms. The Morgan fingerprint density at radius 2 is 0.448 bits per heavy atom. The molecule has 11 nitrogen and oxygen atoms in total. The van der Waals surface area contributed by atoms with Gasteiger partial charge in [0.25, 0.3) is 6.71 Å². The molecule has 11 aromatic carbocycles. The lowest BCUT2D eigenvalue weighted by molar-refractivity contribution is 1.06. The Bertz CT molecular complexity index is 4570. The van der Waals surface area contributed by atoms with E-state index < -0.39 is 0 Å². The van der Waals surface area contributed by atoms with Crippen molar-refractivity contribution >= 4 is 57.2 Å². The number of anilines is 6. The molecular weight excluding hydrogens is 1070 g/mol. The Morgan fingerprint density at radius 3 is 0.828 bits per heavy atom. The molecule has 2 aliphatic rings. The van der Waals surface area contributed by atoms with E-state index >= 15 is 0 Å². The van der Waals surface area contributed by atoms with Gasteiger partial charge in [0.05, 0.1) is 11.4 Å². The third kappa shape index (κ3) is 9.16. The van der Waals surface area contributed by atoms with Crippen molar-refractivity contribution in [1.29, 1.82) is 0 Å². The van der Waals surface area contributed by atoms with Crippen LogP contribution in [0.1, 0.15) is 0 Å². The van der Waals surface area contributed by atoms with Crippen LogP contribution in [0.15, 0.2) is 291 Å². The minimum Gasteiger partial charge on any atom is -0.311 e. The van der Waals surface area contributed by atoms with E-state index in [0.717, 1.165) is 101 Å². The first-order chi connectivity index (χ1) is 43.2. The Balaban J connectivity index is 0.970. The topological polar surface area (TPSA) is 122 Å². The molecule has 12 heteroatoms. The van der Waals surface area contributed by atoms with Gasteiger partial charge >= 0.3 is 0 Å². The van der Waals surface area contributed by atoms with Crippen molar-refractivity contribution in [2.75, 3.05) is 9.80 Å². The molecule has 0 amide bonds. The number of para-hydroxylation sites is 4. The number of benzene rings is 11. The van der Waals surface area contributed by atoms with Gasteiger partial charge < -0.3 is 9.80 Å². The molecule has 0 atom stereocenters. The summed E-state index contributed by atoms with van der Waals surface area (Å²) in [5.41, 5.74) is 16.6. The van der Waals surface area contributed by atoms with Crippen molar-refractivity contribution < 1.29 is 0 Å². The fourth-order valence-corrected chi connectivity index (χ4v) is 12.1. The number of fused-ring (bicyclic) bond motifs is 4. The van der Waals surface area contributed by atoms with Crippen LogP contribution in [-0.2, 0) is 0 Å². The van der Waals surface area contributed by atoms with Crippen LogP contribution in [0, 0.1) is 0 Å². The third-order valence-corrected chi connectivity index (χ3v) is 16.0. The molecule has 0 saturated carbocycles. The maximum absolute atomic E-state index is 5.44. The predicted molar refractivity (Wildman–Crippen MR) is 350 cm³/mol. The summed E-state index contributed by atoms with van der Waals surface area (Å²) in [4.78, 5) is 52.5. The average Bonchev–Trinajstić information content (AvgIpc) is 0.857. The first-order valence-corrected chi connectivity index (χ1v) is 28.9. The molecule has 16 rings (SSSR count). The minimum atomic E-state index is -0.191. The van der Waals surface area contributed by atoms with Crippen LogP contribution in [0.25, 0.3) is 102 Å². The zero-order valence-electron chi connectivity index (χ0n) is 46.7. The fraction of sp³-hybridized carbons (Fsp3) is 0. The van der Waals surface area contributed by atoms with Crippen LogP contribution >= 0.6 is 0 Å². The van der Waals surface area contributed by atoms with E-state index in [4.69, 9.17) is 44.9 Å². The van der Waals surface area contributed by atoms with Crippen LogP contribution in [0.5, 0.6) is 0 Å². The quantitative estimate of drug-likeness (QED) is 0.115. The van der Waals surface area contributed by atoms with Crippen molar-refractivity contribution in [3.8, 4) is 102 Å². The van der Waals surface area contributed by atoms with Crippen molar-refractivity contribution in [3.63, 3.8) is 0 Å². The SMILES string of the molecule is c1ccc(-c2nc(-c3ccccc3)nc(-c3ccccc3N3c4ccccc4B4c5ccccc5N(c5c(-c6nc(-c7ccccc7)nc(-c7ccccc7)n6)cccc5-c5nc(-c6ccccc6)nc(-c6ccccc6)n5)c5cccc3c54)n2)cc1. The molecule has 0 radical (unpaired) electrons. The molecule has 0 bridgehead atoms. The van der Waals surface area contributed by atoms with E-state index in [1.165, 1.54) is 0 Å². The van der Waals surface area contributed by atoms with E-state index in [2.05, 4.69) is 119 Å². The predicted octanol–water partition coefficient (Wildman–Crippen LogP) is 15.3. The second-order valence-electron chi connectivity index (χ2n) is 21.3. The van der Waals surface area contributed by atoms with Gasteiger partial charge in [0.2, 0.25) is 0 Å². The monoisotopic (exact) mass is 1110 g/mol. The molecule has 0 fully saturated rings. The second kappa shape index (κ2) is 21.7. The molecule has 406 valence electrons. The number of nitrogens with zero attached hydrogens (tertiary/aromatic N) is 11. The van der Waals surface area contributed by atoms with Gasteiger partial charge in [-0.2, -0.15) is 0 Å². The Labute approximate surface area is 502 Å². The molecule has 0 aliphatic carbocycles. The zero-order valence-corrected chi connectivity index (χ0v) is 46.7. The van der Waals surface area contributed by atoms with Crippen LogP contribution in [0.2, 0.25) is 0 Å². The number of hydrogen-bond acceptors (Lipinski definition) is 11. The normalized spacial score (nSPS) is 12.1. The molecule has 14 aromatic rings. The zero-order chi connectivity index (χ0) is 57.6. The lowest BCUT2D eigenvalue weighted by atomic mass is 9.33. The Morgan fingerprint density at radius 1 is 0.195 bits per heavy atom. The lowest BCUT2D eigenvalue weighted by Crippen LogP contribution is -2.61. The van der Waals surface area contributed by atoms with Gasteiger partial charge in [-0.05, 0) is 64.9 Å². The first kappa shape index (κ1) is 50.8. The Hall–Kier alpha value is -11.9. The summed E-state index contributed by atoms with van der Waals surface area (Å²) in [6, 6.07) is 99.5. The molecule has 3 aromatic heterocycles. The molecule has 0 N–H and O–H groups in total. The van der Waals surface area contributed by atoms with Gasteiger partial charge in [0.15, 0.2) is 52.4 Å². The van der Waals surface area contributed by atoms with Gasteiger partial charge in [-0.3, -0.25) is 0 Å². The average molecular weight is 1110 g/mol. The highest BCUT2D eigenvalue weighted by molar-refractivity contribution is 7.00. The summed E-state index contributed by atoms with van der Waals surface area (Å²) in [5, 5.41) is 0. The molecular formula is C75H48BN11. The van der Waals surface area contributed by atoms with Gasteiger partial charge in [-0.1, -0.05) is 243 Å². The first-order valence-electron chi connectivity index (χ1n) is 28.9. The fourth-order valence-electron chi connectivity index (χ4n) is 12.1. The number of hydrogen-bond donors (Lipinski definition) is 0. The maximum atomic E-state index is 5.44. The van der Waals surface area contributed by atoms with Crippen molar-refractivity contribution in [1.82, 2.24) is 44.9 Å². The highest BCUT2D eigenvalue weighted by Gasteiger charge is 2.44. The van der Waals surface area contributed by atoms with Gasteiger partial charge in [-0.15, -0.1) is 0 Å². The molecule has 0 unspecified atom stereocenters. The highest BCUT2D eigenvalue weighted by Crippen LogP contribution is 2.50. The van der Waals surface area contributed by atoms with Gasteiger partial charge in [0.1, 0.15) is 0 Å². The number of rotatable bonds is 11. The van der Waals surface area contributed by atoms with E-state index in [-0.39, 0.29) is 6.71 Å².